The van der Waals surface area contributed by atoms with Crippen molar-refractivity contribution < 1.29 is 9.15 Å². The number of aryl methyl sites for hydroxylation is 3. The zero-order chi connectivity index (χ0) is 15.4. The lowest BCUT2D eigenvalue weighted by atomic mass is 10.1. The Morgan fingerprint density at radius 1 is 1.10 bits per heavy atom. The summed E-state index contributed by atoms with van der Waals surface area (Å²) in [5, 5.41) is 3.40. The van der Waals surface area contributed by atoms with E-state index >= 15 is 0 Å². The molecule has 0 aliphatic rings. The highest BCUT2D eigenvalue weighted by molar-refractivity contribution is 5.34. The number of furan rings is 1. The first kappa shape index (κ1) is 15.6. The molecule has 0 amide bonds. The Morgan fingerprint density at radius 2 is 1.86 bits per heavy atom. The summed E-state index contributed by atoms with van der Waals surface area (Å²) in [5.74, 6) is 2.71. The van der Waals surface area contributed by atoms with Crippen molar-refractivity contribution in [2.75, 3.05) is 0 Å². The standard InChI is InChI=1S/C18H25NO2/c1-12(2)19-10-16-9-18(21-15(16)5)11-20-17-7-6-13(3)14(4)8-17/h6-9,12,19H,10-11H2,1-5H3. The number of nitrogens with one attached hydrogen (secondary N) is 1. The van der Waals surface area contributed by atoms with E-state index in [0.29, 0.717) is 12.6 Å². The second-order valence-electron chi connectivity index (χ2n) is 5.86. The number of ether oxygens (including phenoxy) is 1. The van der Waals surface area contributed by atoms with Crippen molar-refractivity contribution in [3.63, 3.8) is 0 Å². The topological polar surface area (TPSA) is 34.4 Å². The minimum atomic E-state index is 0.463. The zero-order valence-corrected chi connectivity index (χ0v) is 13.6. The van der Waals surface area contributed by atoms with Gasteiger partial charge < -0.3 is 14.5 Å². The monoisotopic (exact) mass is 287 g/mol. The third-order valence-corrected chi connectivity index (χ3v) is 3.63. The predicted molar refractivity (Wildman–Crippen MR) is 85.7 cm³/mol. The van der Waals surface area contributed by atoms with E-state index in [9.17, 15) is 0 Å². The Labute approximate surface area is 127 Å². The number of hydrogen-bond acceptors (Lipinski definition) is 3. The third-order valence-electron chi connectivity index (χ3n) is 3.63. The molecule has 1 heterocycles. The van der Waals surface area contributed by atoms with E-state index < -0.39 is 0 Å². The second-order valence-corrected chi connectivity index (χ2v) is 5.86. The first-order valence-corrected chi connectivity index (χ1v) is 7.47. The third kappa shape index (κ3) is 4.36. The van der Waals surface area contributed by atoms with Gasteiger partial charge in [-0.15, -0.1) is 0 Å². The van der Waals surface area contributed by atoms with E-state index in [-0.39, 0.29) is 0 Å². The van der Waals surface area contributed by atoms with Crippen LogP contribution >= 0.6 is 0 Å². The summed E-state index contributed by atoms with van der Waals surface area (Å²) < 4.78 is 11.6. The van der Waals surface area contributed by atoms with E-state index in [0.717, 1.165) is 23.8 Å². The van der Waals surface area contributed by atoms with Gasteiger partial charge in [0.1, 0.15) is 23.9 Å². The van der Waals surface area contributed by atoms with Crippen molar-refractivity contribution in [3.8, 4) is 5.75 Å². The van der Waals surface area contributed by atoms with Crippen LogP contribution in [-0.4, -0.2) is 6.04 Å². The van der Waals surface area contributed by atoms with Crippen molar-refractivity contribution in [1.82, 2.24) is 5.32 Å². The number of rotatable bonds is 6. The minimum Gasteiger partial charge on any atom is -0.486 e. The zero-order valence-electron chi connectivity index (χ0n) is 13.6. The van der Waals surface area contributed by atoms with Gasteiger partial charge in [0.05, 0.1) is 0 Å². The molecule has 21 heavy (non-hydrogen) atoms. The molecule has 1 aromatic heterocycles. The number of benzene rings is 1. The molecule has 114 valence electrons. The van der Waals surface area contributed by atoms with Crippen LogP contribution in [0.4, 0.5) is 0 Å². The lowest BCUT2D eigenvalue weighted by molar-refractivity contribution is 0.267. The molecule has 0 saturated heterocycles. The molecule has 1 N–H and O–H groups in total. The summed E-state index contributed by atoms with van der Waals surface area (Å²) in [7, 11) is 0. The molecule has 0 unspecified atom stereocenters. The van der Waals surface area contributed by atoms with Gasteiger partial charge in [-0.05, 0) is 50.1 Å². The van der Waals surface area contributed by atoms with Crippen molar-refractivity contribution in [2.24, 2.45) is 0 Å². The van der Waals surface area contributed by atoms with Crippen molar-refractivity contribution >= 4 is 0 Å². The Bertz CT molecular complexity index is 599. The lowest BCUT2D eigenvalue weighted by Crippen LogP contribution is -2.21. The van der Waals surface area contributed by atoms with Gasteiger partial charge in [-0.3, -0.25) is 0 Å². The Morgan fingerprint density at radius 3 is 2.52 bits per heavy atom. The van der Waals surface area contributed by atoms with Crippen LogP contribution in [0.15, 0.2) is 28.7 Å². The smallest absolute Gasteiger partial charge is 0.146 e. The molecule has 3 nitrogen and oxygen atoms in total. The van der Waals surface area contributed by atoms with Gasteiger partial charge >= 0.3 is 0 Å². The average Bonchev–Trinajstić information content (AvgIpc) is 2.78. The van der Waals surface area contributed by atoms with E-state index in [1.165, 1.54) is 16.7 Å². The molecule has 1 aromatic carbocycles. The van der Waals surface area contributed by atoms with Gasteiger partial charge in [-0.2, -0.15) is 0 Å². The SMILES string of the molecule is Cc1ccc(OCc2cc(CNC(C)C)c(C)o2)cc1C. The van der Waals surface area contributed by atoms with Gasteiger partial charge in [0.2, 0.25) is 0 Å². The summed E-state index contributed by atoms with van der Waals surface area (Å²) in [6, 6.07) is 8.68. The van der Waals surface area contributed by atoms with E-state index in [4.69, 9.17) is 9.15 Å². The highest BCUT2D eigenvalue weighted by Crippen LogP contribution is 2.20. The van der Waals surface area contributed by atoms with Crippen molar-refractivity contribution in [1.29, 1.82) is 0 Å². The molecule has 2 aromatic rings. The van der Waals surface area contributed by atoms with Gasteiger partial charge in [0.15, 0.2) is 0 Å². The molecule has 0 aliphatic heterocycles. The molecule has 0 radical (unpaired) electrons. The van der Waals surface area contributed by atoms with Crippen LogP contribution in [0.1, 0.15) is 42.1 Å². The summed E-state index contributed by atoms with van der Waals surface area (Å²) in [4.78, 5) is 0. The normalized spacial score (nSPS) is 11.1. The maximum absolute atomic E-state index is 5.81. The highest BCUT2D eigenvalue weighted by Gasteiger charge is 2.08. The average molecular weight is 287 g/mol. The van der Waals surface area contributed by atoms with E-state index in [1.807, 2.05) is 13.0 Å². The van der Waals surface area contributed by atoms with Crippen LogP contribution in [0.2, 0.25) is 0 Å². The van der Waals surface area contributed by atoms with Crippen LogP contribution in [0.3, 0.4) is 0 Å². The fourth-order valence-corrected chi connectivity index (χ4v) is 2.11. The highest BCUT2D eigenvalue weighted by atomic mass is 16.5. The largest absolute Gasteiger partial charge is 0.486 e. The summed E-state index contributed by atoms with van der Waals surface area (Å²) in [6.45, 7) is 11.8. The van der Waals surface area contributed by atoms with Crippen LogP contribution < -0.4 is 10.1 Å². The molecule has 0 spiro atoms. The molecule has 0 aliphatic carbocycles. The van der Waals surface area contributed by atoms with Crippen LogP contribution in [-0.2, 0) is 13.2 Å². The summed E-state index contributed by atoms with van der Waals surface area (Å²) >= 11 is 0. The minimum absolute atomic E-state index is 0.463. The molecular formula is C18H25NO2. The van der Waals surface area contributed by atoms with Crippen molar-refractivity contribution in [2.45, 2.75) is 53.8 Å². The van der Waals surface area contributed by atoms with Crippen LogP contribution in [0.25, 0.3) is 0 Å². The lowest BCUT2D eigenvalue weighted by Gasteiger charge is -2.06. The van der Waals surface area contributed by atoms with Gasteiger partial charge in [0, 0.05) is 18.2 Å². The fraction of sp³-hybridized carbons (Fsp3) is 0.444. The predicted octanol–water partition coefficient (Wildman–Crippen LogP) is 4.28. The molecule has 0 saturated carbocycles. The van der Waals surface area contributed by atoms with Gasteiger partial charge in [-0.25, -0.2) is 0 Å². The maximum atomic E-state index is 5.81. The summed E-state index contributed by atoms with van der Waals surface area (Å²) in [5.41, 5.74) is 3.71. The molecule has 0 atom stereocenters. The molecule has 2 rings (SSSR count). The van der Waals surface area contributed by atoms with Gasteiger partial charge in [-0.1, -0.05) is 19.9 Å². The Balaban J connectivity index is 1.96. The fourth-order valence-electron chi connectivity index (χ4n) is 2.11. The molecular weight excluding hydrogens is 262 g/mol. The Kier molecular flexibility index (Phi) is 5.07. The molecule has 0 bridgehead atoms. The molecule has 3 heteroatoms. The van der Waals surface area contributed by atoms with Gasteiger partial charge in [0.25, 0.3) is 0 Å². The first-order valence-electron chi connectivity index (χ1n) is 7.47. The first-order chi connectivity index (χ1) is 9.95. The summed E-state index contributed by atoms with van der Waals surface area (Å²) in [6.07, 6.45) is 0. The van der Waals surface area contributed by atoms with Crippen molar-refractivity contribution in [3.05, 3.63) is 52.5 Å². The maximum Gasteiger partial charge on any atom is 0.146 e. The molecule has 0 fully saturated rings. The van der Waals surface area contributed by atoms with Crippen LogP contribution in [0, 0.1) is 20.8 Å². The van der Waals surface area contributed by atoms with Crippen LogP contribution in [0.5, 0.6) is 5.75 Å². The second kappa shape index (κ2) is 6.81. The Hall–Kier alpha value is -1.74. The number of hydrogen-bond donors (Lipinski definition) is 1. The van der Waals surface area contributed by atoms with E-state index in [2.05, 4.69) is 51.2 Å². The quantitative estimate of drug-likeness (QED) is 0.861. The van der Waals surface area contributed by atoms with E-state index in [1.54, 1.807) is 0 Å².